The number of nitrogens with one attached hydrogen (secondary N) is 1. The molecular formula is C39H47N3O4S. The predicted molar refractivity (Wildman–Crippen MR) is 190 cm³/mol. The molecule has 0 saturated carbocycles. The Morgan fingerprint density at radius 2 is 1.38 bits per heavy atom. The highest BCUT2D eigenvalue weighted by Crippen LogP contribution is 2.27. The molecule has 4 aromatic rings. The van der Waals surface area contributed by atoms with Crippen LogP contribution in [0.15, 0.2) is 108 Å². The molecule has 0 radical (unpaired) electrons. The molecule has 47 heavy (non-hydrogen) atoms. The summed E-state index contributed by atoms with van der Waals surface area (Å²) in [7, 11) is -4.15. The van der Waals surface area contributed by atoms with Crippen LogP contribution < -0.4 is 9.62 Å². The van der Waals surface area contributed by atoms with Gasteiger partial charge in [-0.3, -0.25) is 13.9 Å². The van der Waals surface area contributed by atoms with Crippen LogP contribution in [0.4, 0.5) is 5.69 Å². The lowest BCUT2D eigenvalue weighted by molar-refractivity contribution is -0.140. The average Bonchev–Trinajstić information content (AvgIpc) is 3.05. The molecule has 7 nitrogen and oxygen atoms in total. The van der Waals surface area contributed by atoms with Crippen molar-refractivity contribution < 1.29 is 18.0 Å². The number of amides is 2. The lowest BCUT2D eigenvalue weighted by Crippen LogP contribution is -2.53. The van der Waals surface area contributed by atoms with Crippen LogP contribution in [0.25, 0.3) is 0 Å². The van der Waals surface area contributed by atoms with Gasteiger partial charge in [0.15, 0.2) is 0 Å². The van der Waals surface area contributed by atoms with Crippen molar-refractivity contribution in [1.29, 1.82) is 0 Å². The van der Waals surface area contributed by atoms with Gasteiger partial charge in [-0.15, -0.1) is 0 Å². The first-order chi connectivity index (χ1) is 22.4. The van der Waals surface area contributed by atoms with Crippen molar-refractivity contribution in [3.05, 3.63) is 131 Å². The molecule has 2 amide bonds. The highest BCUT2D eigenvalue weighted by atomic mass is 32.2. The molecule has 0 spiro atoms. The molecule has 0 aromatic heterocycles. The first-order valence-corrected chi connectivity index (χ1v) is 17.7. The molecule has 0 aliphatic carbocycles. The number of nitrogens with zero attached hydrogens (tertiary/aromatic N) is 2. The fourth-order valence-corrected chi connectivity index (χ4v) is 6.75. The zero-order chi connectivity index (χ0) is 34.1. The normalized spacial score (nSPS) is 12.2. The van der Waals surface area contributed by atoms with E-state index in [9.17, 15) is 18.0 Å². The van der Waals surface area contributed by atoms with Gasteiger partial charge in [0, 0.05) is 19.5 Å². The summed E-state index contributed by atoms with van der Waals surface area (Å²) in [6, 6.07) is 30.3. The summed E-state index contributed by atoms with van der Waals surface area (Å²) in [6.45, 7) is 12.1. The molecule has 0 heterocycles. The summed E-state index contributed by atoms with van der Waals surface area (Å²) in [6.07, 6.45) is 0.274. The van der Waals surface area contributed by atoms with E-state index in [1.165, 1.54) is 4.31 Å². The second kappa shape index (κ2) is 15.9. The van der Waals surface area contributed by atoms with Gasteiger partial charge in [0.2, 0.25) is 11.8 Å². The Hall–Kier alpha value is -4.43. The van der Waals surface area contributed by atoms with Gasteiger partial charge in [0.05, 0.1) is 10.6 Å². The Kier molecular flexibility index (Phi) is 12.0. The number of hydrogen-bond donors (Lipinski definition) is 1. The topological polar surface area (TPSA) is 86.8 Å². The summed E-state index contributed by atoms with van der Waals surface area (Å²) < 4.78 is 29.7. The minimum absolute atomic E-state index is 0.0878. The van der Waals surface area contributed by atoms with E-state index in [1.807, 2.05) is 94.4 Å². The summed E-state index contributed by atoms with van der Waals surface area (Å²) in [5.74, 6) is -0.294. The second-order valence-electron chi connectivity index (χ2n) is 12.9. The van der Waals surface area contributed by atoms with Crippen LogP contribution in [0.1, 0.15) is 61.4 Å². The predicted octanol–water partition coefficient (Wildman–Crippen LogP) is 7.03. The van der Waals surface area contributed by atoms with Crippen molar-refractivity contribution >= 4 is 27.5 Å². The van der Waals surface area contributed by atoms with Gasteiger partial charge in [0.25, 0.3) is 10.0 Å². The highest BCUT2D eigenvalue weighted by molar-refractivity contribution is 7.92. The maximum atomic E-state index is 14.7. The van der Waals surface area contributed by atoms with Gasteiger partial charge < -0.3 is 10.2 Å². The number of hydrogen-bond acceptors (Lipinski definition) is 4. The van der Waals surface area contributed by atoms with E-state index in [0.29, 0.717) is 12.2 Å². The maximum absolute atomic E-state index is 14.7. The fraction of sp³-hybridized carbons (Fsp3) is 0.333. The first kappa shape index (κ1) is 35.4. The minimum Gasteiger partial charge on any atom is -0.354 e. The van der Waals surface area contributed by atoms with Gasteiger partial charge in [-0.2, -0.15) is 0 Å². The zero-order valence-corrected chi connectivity index (χ0v) is 29.1. The SMILES string of the molecule is Cc1ccc(S(=O)(=O)N(CC(=O)N(Cc2ccccc2C)[C@H](Cc2ccccc2)C(=O)NCC(C)C)c2ccc(C(C)C)cc2)cc1. The van der Waals surface area contributed by atoms with E-state index in [4.69, 9.17) is 0 Å². The Labute approximate surface area is 280 Å². The first-order valence-electron chi connectivity index (χ1n) is 16.2. The van der Waals surface area contributed by atoms with Gasteiger partial charge in [-0.25, -0.2) is 8.42 Å². The van der Waals surface area contributed by atoms with E-state index in [1.54, 1.807) is 41.3 Å². The Balaban J connectivity index is 1.81. The van der Waals surface area contributed by atoms with Crippen LogP contribution in [0.3, 0.4) is 0 Å². The molecule has 4 rings (SSSR count). The monoisotopic (exact) mass is 653 g/mol. The van der Waals surface area contributed by atoms with Gasteiger partial charge in [0.1, 0.15) is 12.6 Å². The van der Waals surface area contributed by atoms with Gasteiger partial charge >= 0.3 is 0 Å². The number of anilines is 1. The molecule has 0 saturated heterocycles. The molecule has 248 valence electrons. The summed E-state index contributed by atoms with van der Waals surface area (Å²) in [4.78, 5) is 30.2. The number of sulfonamides is 1. The molecule has 0 aliphatic rings. The van der Waals surface area contributed by atoms with Crippen molar-refractivity contribution in [2.45, 2.75) is 71.4 Å². The van der Waals surface area contributed by atoms with Crippen LogP contribution >= 0.6 is 0 Å². The number of benzene rings is 4. The van der Waals surface area contributed by atoms with Crippen molar-refractivity contribution in [2.24, 2.45) is 5.92 Å². The smallest absolute Gasteiger partial charge is 0.264 e. The number of carbonyl (C=O) groups is 2. The maximum Gasteiger partial charge on any atom is 0.264 e. The van der Waals surface area contributed by atoms with Crippen molar-refractivity contribution in [3.63, 3.8) is 0 Å². The summed E-state index contributed by atoms with van der Waals surface area (Å²) >= 11 is 0. The molecule has 4 aromatic carbocycles. The van der Waals surface area contributed by atoms with Gasteiger partial charge in [-0.05, 0) is 72.2 Å². The zero-order valence-electron chi connectivity index (χ0n) is 28.3. The quantitative estimate of drug-likeness (QED) is 0.158. The van der Waals surface area contributed by atoms with Crippen molar-refractivity contribution in [2.75, 3.05) is 17.4 Å². The van der Waals surface area contributed by atoms with E-state index in [0.717, 1.165) is 27.8 Å². The number of rotatable bonds is 14. The summed E-state index contributed by atoms with van der Waals surface area (Å²) in [5, 5.41) is 3.04. The lowest BCUT2D eigenvalue weighted by atomic mass is 10.0. The minimum atomic E-state index is -4.15. The van der Waals surface area contributed by atoms with Gasteiger partial charge in [-0.1, -0.05) is 112 Å². The standard InChI is InChI=1S/C39H47N3O4S/c1-28(2)25-40-39(44)37(24-32-13-8-7-9-14-32)41(26-34-15-11-10-12-31(34)6)38(43)27-42(35-20-18-33(19-21-35)29(3)4)47(45,46)36-22-16-30(5)17-23-36/h7-23,28-29,37H,24-27H2,1-6H3,(H,40,44)/t37-/m1/s1. The Bertz CT molecular complexity index is 1740. The average molecular weight is 654 g/mol. The molecule has 1 N–H and O–H groups in total. The lowest BCUT2D eigenvalue weighted by Gasteiger charge is -2.34. The van der Waals surface area contributed by atoms with E-state index >= 15 is 0 Å². The summed E-state index contributed by atoms with van der Waals surface area (Å²) in [5.41, 5.74) is 5.10. The number of carbonyl (C=O) groups excluding carboxylic acids is 2. The molecule has 0 fully saturated rings. The highest BCUT2D eigenvalue weighted by Gasteiger charge is 2.35. The van der Waals surface area contributed by atoms with Crippen LogP contribution in [0.5, 0.6) is 0 Å². The number of aryl methyl sites for hydroxylation is 2. The van der Waals surface area contributed by atoms with Crippen LogP contribution in [0, 0.1) is 19.8 Å². The van der Waals surface area contributed by atoms with E-state index < -0.39 is 28.5 Å². The van der Waals surface area contributed by atoms with E-state index in [-0.39, 0.29) is 35.6 Å². The molecule has 0 bridgehead atoms. The second-order valence-corrected chi connectivity index (χ2v) is 14.7. The van der Waals surface area contributed by atoms with Crippen LogP contribution in [0.2, 0.25) is 0 Å². The van der Waals surface area contributed by atoms with Crippen molar-refractivity contribution in [1.82, 2.24) is 10.2 Å². The van der Waals surface area contributed by atoms with E-state index in [2.05, 4.69) is 19.2 Å². The molecular weight excluding hydrogens is 607 g/mol. The largest absolute Gasteiger partial charge is 0.354 e. The molecule has 1 atom stereocenters. The molecule has 8 heteroatoms. The third-order valence-electron chi connectivity index (χ3n) is 8.29. The third kappa shape index (κ3) is 9.32. The molecule has 0 aliphatic heterocycles. The third-order valence-corrected chi connectivity index (χ3v) is 10.1. The Morgan fingerprint density at radius 1 is 0.766 bits per heavy atom. The Morgan fingerprint density at radius 3 is 1.98 bits per heavy atom. The van der Waals surface area contributed by atoms with Crippen LogP contribution in [-0.2, 0) is 32.6 Å². The molecule has 0 unspecified atom stereocenters. The fourth-order valence-electron chi connectivity index (χ4n) is 5.34. The van der Waals surface area contributed by atoms with Crippen molar-refractivity contribution in [3.8, 4) is 0 Å². The van der Waals surface area contributed by atoms with Crippen LogP contribution in [-0.4, -0.2) is 44.3 Å².